The smallest absolute Gasteiger partial charge is 0.163 e. The molecule has 1 unspecified atom stereocenters. The van der Waals surface area contributed by atoms with Crippen LogP contribution in [0.5, 0.6) is 0 Å². The van der Waals surface area contributed by atoms with Gasteiger partial charge >= 0.3 is 0 Å². The third-order valence-corrected chi connectivity index (χ3v) is 3.49. The van der Waals surface area contributed by atoms with Gasteiger partial charge in [-0.25, -0.2) is 8.78 Å². The van der Waals surface area contributed by atoms with Gasteiger partial charge in [0, 0.05) is 17.4 Å². The maximum Gasteiger partial charge on any atom is 0.163 e. The Morgan fingerprint density at radius 3 is 2.56 bits per heavy atom. The van der Waals surface area contributed by atoms with Gasteiger partial charge in [-0.05, 0) is 18.4 Å². The third kappa shape index (κ3) is 3.46. The summed E-state index contributed by atoms with van der Waals surface area (Å²) in [6, 6.07) is 4.16. The first kappa shape index (κ1) is 13.5. The predicted octanol–water partition coefficient (Wildman–Crippen LogP) is 3.37. The van der Waals surface area contributed by atoms with Gasteiger partial charge in [0.25, 0.3) is 0 Å². The van der Waals surface area contributed by atoms with E-state index in [-0.39, 0.29) is 6.04 Å². The maximum atomic E-state index is 13.5. The van der Waals surface area contributed by atoms with E-state index in [9.17, 15) is 8.78 Å². The van der Waals surface area contributed by atoms with Crippen molar-refractivity contribution in [2.24, 2.45) is 0 Å². The predicted molar refractivity (Wildman–Crippen MR) is 65.8 cm³/mol. The molecule has 0 saturated carbocycles. The number of rotatable bonds is 5. The molecule has 0 amide bonds. The van der Waals surface area contributed by atoms with E-state index in [4.69, 9.17) is 0 Å². The fourth-order valence-corrected chi connectivity index (χ4v) is 2.33. The minimum absolute atomic E-state index is 0.150. The van der Waals surface area contributed by atoms with Crippen LogP contribution in [0.15, 0.2) is 18.2 Å². The van der Waals surface area contributed by atoms with Gasteiger partial charge in [0.2, 0.25) is 0 Å². The van der Waals surface area contributed by atoms with Crippen LogP contribution in [0.25, 0.3) is 0 Å². The Hall–Kier alpha value is -0.610. The highest BCUT2D eigenvalue weighted by atomic mass is 32.2. The largest absolute Gasteiger partial charge is 0.312 e. The van der Waals surface area contributed by atoms with Crippen molar-refractivity contribution >= 4 is 11.8 Å². The maximum absolute atomic E-state index is 13.5. The minimum atomic E-state index is -0.785. The molecule has 1 nitrogen and oxygen atoms in total. The highest BCUT2D eigenvalue weighted by molar-refractivity contribution is 7.99. The summed E-state index contributed by atoms with van der Waals surface area (Å²) in [5.41, 5.74) is 0.399. The van der Waals surface area contributed by atoms with Gasteiger partial charge in [-0.15, -0.1) is 0 Å². The number of thioether (sulfide) groups is 1. The number of nitrogens with one attached hydrogen (secondary N) is 1. The van der Waals surface area contributed by atoms with Crippen molar-refractivity contribution in [3.05, 3.63) is 35.4 Å². The van der Waals surface area contributed by atoms with Crippen LogP contribution in [-0.4, -0.2) is 18.1 Å². The monoisotopic (exact) mass is 245 g/mol. The number of benzene rings is 1. The molecular formula is C12H17F2NS. The average molecular weight is 245 g/mol. The SMILES string of the molecule is CNC(CSC(C)C)c1cccc(F)c1F. The molecule has 1 atom stereocenters. The van der Waals surface area contributed by atoms with E-state index in [0.29, 0.717) is 10.8 Å². The molecule has 0 bridgehead atoms. The molecule has 1 rings (SSSR count). The second-order valence-electron chi connectivity index (χ2n) is 3.87. The van der Waals surface area contributed by atoms with Gasteiger partial charge in [0.05, 0.1) is 0 Å². The lowest BCUT2D eigenvalue weighted by Gasteiger charge is -2.18. The fourth-order valence-electron chi connectivity index (χ4n) is 1.41. The molecule has 90 valence electrons. The van der Waals surface area contributed by atoms with Crippen molar-refractivity contribution in [1.29, 1.82) is 0 Å². The van der Waals surface area contributed by atoms with E-state index < -0.39 is 11.6 Å². The minimum Gasteiger partial charge on any atom is -0.312 e. The molecule has 1 aromatic rings. The molecule has 0 saturated heterocycles. The van der Waals surface area contributed by atoms with Crippen molar-refractivity contribution in [2.45, 2.75) is 25.1 Å². The van der Waals surface area contributed by atoms with Crippen LogP contribution in [0.1, 0.15) is 25.5 Å². The quantitative estimate of drug-likeness (QED) is 0.853. The summed E-state index contributed by atoms with van der Waals surface area (Å²) >= 11 is 1.72. The molecule has 0 aliphatic rings. The summed E-state index contributed by atoms with van der Waals surface area (Å²) in [6.45, 7) is 4.17. The van der Waals surface area contributed by atoms with E-state index in [1.165, 1.54) is 6.07 Å². The van der Waals surface area contributed by atoms with E-state index in [1.54, 1.807) is 24.9 Å². The molecule has 0 spiro atoms. The Labute approximate surface area is 99.6 Å². The van der Waals surface area contributed by atoms with Gasteiger partial charge in [0.1, 0.15) is 0 Å². The van der Waals surface area contributed by atoms with Crippen LogP contribution in [0.3, 0.4) is 0 Å². The van der Waals surface area contributed by atoms with Gasteiger partial charge in [-0.1, -0.05) is 26.0 Å². The standard InChI is InChI=1S/C12H17F2NS/c1-8(2)16-7-11(15-3)9-5-4-6-10(13)12(9)14/h4-6,8,11,15H,7H2,1-3H3. The summed E-state index contributed by atoms with van der Waals surface area (Å²) < 4.78 is 26.6. The topological polar surface area (TPSA) is 12.0 Å². The Morgan fingerprint density at radius 1 is 1.31 bits per heavy atom. The van der Waals surface area contributed by atoms with Gasteiger partial charge in [0.15, 0.2) is 11.6 Å². The summed E-state index contributed by atoms with van der Waals surface area (Å²) in [4.78, 5) is 0. The van der Waals surface area contributed by atoms with Crippen molar-refractivity contribution in [2.75, 3.05) is 12.8 Å². The van der Waals surface area contributed by atoms with Crippen LogP contribution in [0.4, 0.5) is 8.78 Å². The average Bonchev–Trinajstić information content (AvgIpc) is 2.24. The zero-order valence-electron chi connectivity index (χ0n) is 9.76. The molecule has 0 aliphatic carbocycles. The first-order valence-corrected chi connectivity index (χ1v) is 6.34. The Morgan fingerprint density at radius 2 is 2.00 bits per heavy atom. The van der Waals surface area contributed by atoms with E-state index >= 15 is 0 Å². The molecular weight excluding hydrogens is 228 g/mol. The van der Waals surface area contributed by atoms with Gasteiger partial charge < -0.3 is 5.32 Å². The molecule has 16 heavy (non-hydrogen) atoms. The summed E-state index contributed by atoms with van der Waals surface area (Å²) in [5.74, 6) is -0.798. The lowest BCUT2D eigenvalue weighted by atomic mass is 10.1. The Balaban J connectivity index is 2.82. The molecule has 0 aromatic heterocycles. The Kier molecular flexibility index (Phi) is 5.22. The van der Waals surface area contributed by atoms with Crippen LogP contribution in [-0.2, 0) is 0 Å². The summed E-state index contributed by atoms with van der Waals surface area (Å²) in [6.07, 6.45) is 0. The first-order chi connectivity index (χ1) is 7.56. The molecule has 0 heterocycles. The lowest BCUT2D eigenvalue weighted by Crippen LogP contribution is -2.21. The normalized spacial score (nSPS) is 13.1. The van der Waals surface area contributed by atoms with Crippen LogP contribution < -0.4 is 5.32 Å². The molecule has 4 heteroatoms. The summed E-state index contributed by atoms with van der Waals surface area (Å²) in [7, 11) is 1.76. The second-order valence-corrected chi connectivity index (χ2v) is 5.48. The molecule has 1 aromatic carbocycles. The number of hydrogen-bond acceptors (Lipinski definition) is 2. The zero-order chi connectivity index (χ0) is 12.1. The zero-order valence-corrected chi connectivity index (χ0v) is 10.6. The molecule has 1 N–H and O–H groups in total. The van der Waals surface area contributed by atoms with Crippen LogP contribution in [0, 0.1) is 11.6 Å². The fraction of sp³-hybridized carbons (Fsp3) is 0.500. The van der Waals surface area contributed by atoms with Crippen molar-refractivity contribution in [3.63, 3.8) is 0 Å². The number of hydrogen-bond donors (Lipinski definition) is 1. The van der Waals surface area contributed by atoms with E-state index in [2.05, 4.69) is 19.2 Å². The van der Waals surface area contributed by atoms with E-state index in [0.717, 1.165) is 11.8 Å². The molecule has 0 radical (unpaired) electrons. The van der Waals surface area contributed by atoms with Crippen molar-refractivity contribution < 1.29 is 8.78 Å². The number of halogens is 2. The van der Waals surface area contributed by atoms with Crippen molar-refractivity contribution in [3.8, 4) is 0 Å². The van der Waals surface area contributed by atoms with E-state index in [1.807, 2.05) is 0 Å². The van der Waals surface area contributed by atoms with Crippen LogP contribution in [0.2, 0.25) is 0 Å². The second kappa shape index (κ2) is 6.21. The highest BCUT2D eigenvalue weighted by Gasteiger charge is 2.16. The first-order valence-electron chi connectivity index (χ1n) is 5.29. The van der Waals surface area contributed by atoms with Crippen LogP contribution >= 0.6 is 11.8 Å². The third-order valence-electron chi connectivity index (χ3n) is 2.30. The lowest BCUT2D eigenvalue weighted by molar-refractivity contribution is 0.483. The van der Waals surface area contributed by atoms with Gasteiger partial charge in [-0.3, -0.25) is 0 Å². The summed E-state index contributed by atoms with van der Waals surface area (Å²) in [5, 5.41) is 3.49. The Bertz CT molecular complexity index is 342. The molecule has 0 fully saturated rings. The van der Waals surface area contributed by atoms with Crippen molar-refractivity contribution in [1.82, 2.24) is 5.32 Å². The van der Waals surface area contributed by atoms with Gasteiger partial charge in [-0.2, -0.15) is 11.8 Å². The highest BCUT2D eigenvalue weighted by Crippen LogP contribution is 2.24. The molecule has 0 aliphatic heterocycles.